The summed E-state index contributed by atoms with van der Waals surface area (Å²) in [5.41, 5.74) is 1.01. The predicted molar refractivity (Wildman–Crippen MR) is 116 cm³/mol. The van der Waals surface area contributed by atoms with Crippen LogP contribution in [0.3, 0.4) is 0 Å². The molecule has 9 heteroatoms. The molecule has 0 saturated heterocycles. The lowest BCUT2D eigenvalue weighted by molar-refractivity contribution is -0.136. The van der Waals surface area contributed by atoms with Crippen molar-refractivity contribution in [1.29, 1.82) is 0 Å². The van der Waals surface area contributed by atoms with Crippen LogP contribution in [-0.4, -0.2) is 36.7 Å². The minimum absolute atomic E-state index is 0.107. The summed E-state index contributed by atoms with van der Waals surface area (Å²) in [6.07, 6.45) is 1.22. The van der Waals surface area contributed by atoms with Crippen LogP contribution < -0.4 is 11.1 Å². The third kappa shape index (κ3) is 3.93. The molecule has 0 radical (unpaired) electrons. The Morgan fingerprint density at radius 1 is 1.10 bits per heavy atom. The monoisotopic (exact) mass is 417 g/mol. The number of aromatic amines is 1. The average Bonchev–Trinajstić information content (AvgIpc) is 3.08. The van der Waals surface area contributed by atoms with Gasteiger partial charge in [0.1, 0.15) is 5.82 Å². The number of nitrogens with zero attached hydrogens (tertiary/aromatic N) is 4. The highest BCUT2D eigenvalue weighted by Gasteiger charge is 2.15. The molecule has 0 spiro atoms. The molecule has 2 aromatic carbocycles. The number of H-pyrrole nitrogens is 1. The highest BCUT2D eigenvalue weighted by atomic mass is 16.4. The van der Waals surface area contributed by atoms with Crippen molar-refractivity contribution in [2.24, 2.45) is 5.10 Å². The molecule has 0 atom stereocenters. The van der Waals surface area contributed by atoms with Gasteiger partial charge in [0, 0.05) is 12.1 Å². The predicted octanol–water partition coefficient (Wildman–Crippen LogP) is 2.08. The van der Waals surface area contributed by atoms with Gasteiger partial charge in [-0.25, -0.2) is 9.67 Å². The summed E-state index contributed by atoms with van der Waals surface area (Å²) < 4.78 is 2.45. The first-order chi connectivity index (χ1) is 15.0. The number of rotatable bonds is 6. The lowest BCUT2D eigenvalue weighted by Gasteiger charge is -2.04. The maximum Gasteiger partial charge on any atom is 0.303 e. The Labute approximate surface area is 175 Å². The van der Waals surface area contributed by atoms with Crippen molar-refractivity contribution in [2.75, 3.05) is 0 Å². The highest BCUT2D eigenvalue weighted by Crippen LogP contribution is 2.10. The number of hydrogen-bond acceptors (Lipinski definition) is 5. The summed E-state index contributed by atoms with van der Waals surface area (Å²) in [6, 6.07) is 15.8. The van der Waals surface area contributed by atoms with Crippen LogP contribution in [-0.2, 0) is 11.2 Å². The van der Waals surface area contributed by atoms with E-state index in [1.54, 1.807) is 55.5 Å². The van der Waals surface area contributed by atoms with Crippen LogP contribution in [0, 0.1) is 6.92 Å². The minimum Gasteiger partial charge on any atom is -0.481 e. The standard InChI is InChI=1S/C22H19N5O4/c1-14-24-18-10-6-5-9-16(18)21(30)26(14)23-13-17-19(11-12-20(28)29)25-27(22(17)31)15-7-3-2-4-8-15/h2-10,13,25H,11-12H2,1H3,(H,28,29)/b23-13+. The zero-order chi connectivity index (χ0) is 22.0. The number of hydrogen-bond donors (Lipinski definition) is 2. The second-order valence-electron chi connectivity index (χ2n) is 6.91. The zero-order valence-electron chi connectivity index (χ0n) is 16.6. The Bertz CT molecular complexity index is 1410. The molecule has 0 saturated carbocycles. The Hall–Kier alpha value is -4.27. The molecule has 0 aliphatic carbocycles. The van der Waals surface area contributed by atoms with E-state index in [1.807, 2.05) is 6.07 Å². The molecule has 0 aliphatic heterocycles. The van der Waals surface area contributed by atoms with Crippen LogP contribution in [0.2, 0.25) is 0 Å². The maximum absolute atomic E-state index is 13.0. The van der Waals surface area contributed by atoms with Crippen LogP contribution in [0.15, 0.2) is 69.3 Å². The molecule has 156 valence electrons. The molecule has 0 bridgehead atoms. The van der Waals surface area contributed by atoms with Crippen molar-refractivity contribution >= 4 is 23.1 Å². The average molecular weight is 417 g/mol. The van der Waals surface area contributed by atoms with Gasteiger partial charge in [0.15, 0.2) is 0 Å². The number of benzene rings is 2. The molecule has 4 rings (SSSR count). The summed E-state index contributed by atoms with van der Waals surface area (Å²) in [5, 5.41) is 16.6. The number of aliphatic carboxylic acids is 1. The first-order valence-electron chi connectivity index (χ1n) is 9.59. The van der Waals surface area contributed by atoms with E-state index in [0.717, 1.165) is 4.68 Å². The van der Waals surface area contributed by atoms with E-state index < -0.39 is 11.5 Å². The summed E-state index contributed by atoms with van der Waals surface area (Å²) in [6.45, 7) is 1.65. The van der Waals surface area contributed by atoms with E-state index in [2.05, 4.69) is 15.2 Å². The van der Waals surface area contributed by atoms with E-state index in [4.69, 9.17) is 5.11 Å². The maximum atomic E-state index is 13.0. The van der Waals surface area contributed by atoms with E-state index in [9.17, 15) is 14.4 Å². The number of nitrogens with one attached hydrogen (secondary N) is 1. The molecule has 9 nitrogen and oxygen atoms in total. The van der Waals surface area contributed by atoms with Gasteiger partial charge in [0.25, 0.3) is 11.1 Å². The highest BCUT2D eigenvalue weighted by molar-refractivity contribution is 5.82. The minimum atomic E-state index is -0.984. The fourth-order valence-electron chi connectivity index (χ4n) is 3.30. The number of carbonyl (C=O) groups is 1. The Kier molecular flexibility index (Phi) is 5.31. The van der Waals surface area contributed by atoms with Crippen LogP contribution in [0.1, 0.15) is 23.5 Å². The van der Waals surface area contributed by atoms with Crippen LogP contribution in [0.25, 0.3) is 16.6 Å². The molecule has 2 N–H and O–H groups in total. The number of para-hydroxylation sites is 2. The summed E-state index contributed by atoms with van der Waals surface area (Å²) >= 11 is 0. The van der Waals surface area contributed by atoms with Gasteiger partial charge >= 0.3 is 5.97 Å². The molecule has 0 fully saturated rings. The number of carboxylic acid groups (broad SMARTS) is 1. The fraction of sp³-hybridized carbons (Fsp3) is 0.136. The fourth-order valence-corrected chi connectivity index (χ4v) is 3.30. The zero-order valence-corrected chi connectivity index (χ0v) is 16.6. The van der Waals surface area contributed by atoms with Gasteiger partial charge in [-0.3, -0.25) is 19.5 Å². The molecule has 2 aromatic heterocycles. The van der Waals surface area contributed by atoms with Crippen LogP contribution >= 0.6 is 0 Å². The Balaban J connectivity index is 1.82. The second kappa shape index (κ2) is 8.23. The van der Waals surface area contributed by atoms with E-state index >= 15 is 0 Å². The number of aryl methyl sites for hydroxylation is 2. The van der Waals surface area contributed by atoms with Crippen molar-refractivity contribution in [3.8, 4) is 5.69 Å². The first kappa shape index (κ1) is 20.0. The third-order valence-electron chi connectivity index (χ3n) is 4.83. The van der Waals surface area contributed by atoms with Crippen molar-refractivity contribution in [3.05, 3.63) is 92.4 Å². The van der Waals surface area contributed by atoms with Gasteiger partial charge in [-0.05, 0) is 31.2 Å². The van der Waals surface area contributed by atoms with Gasteiger partial charge in [0.2, 0.25) is 0 Å². The summed E-state index contributed by atoms with van der Waals surface area (Å²) in [4.78, 5) is 41.3. The van der Waals surface area contributed by atoms with Crippen LogP contribution in [0.5, 0.6) is 0 Å². The van der Waals surface area contributed by atoms with Gasteiger partial charge in [-0.15, -0.1) is 0 Å². The molecule has 0 amide bonds. The molecule has 31 heavy (non-hydrogen) atoms. The van der Waals surface area contributed by atoms with Crippen LogP contribution in [0.4, 0.5) is 0 Å². The molecular weight excluding hydrogens is 398 g/mol. The van der Waals surface area contributed by atoms with Gasteiger partial charge in [-0.1, -0.05) is 30.3 Å². The van der Waals surface area contributed by atoms with Crippen molar-refractivity contribution in [3.63, 3.8) is 0 Å². The smallest absolute Gasteiger partial charge is 0.303 e. The molecule has 0 unspecified atom stereocenters. The van der Waals surface area contributed by atoms with Gasteiger partial charge < -0.3 is 5.11 Å². The lowest BCUT2D eigenvalue weighted by Crippen LogP contribution is -2.22. The topological polar surface area (TPSA) is 122 Å². The van der Waals surface area contributed by atoms with Crippen molar-refractivity contribution in [2.45, 2.75) is 19.8 Å². The molecular formula is C22H19N5O4. The quantitative estimate of drug-likeness (QED) is 0.465. The van der Waals surface area contributed by atoms with Gasteiger partial charge in [0.05, 0.1) is 34.8 Å². The third-order valence-corrected chi connectivity index (χ3v) is 4.83. The number of carboxylic acids is 1. The van der Waals surface area contributed by atoms with Crippen molar-refractivity contribution in [1.82, 2.24) is 19.4 Å². The van der Waals surface area contributed by atoms with E-state index in [1.165, 1.54) is 10.9 Å². The number of aromatic nitrogens is 4. The Morgan fingerprint density at radius 3 is 2.55 bits per heavy atom. The molecule has 4 aromatic rings. The molecule has 2 heterocycles. The lowest BCUT2D eigenvalue weighted by atomic mass is 10.1. The first-order valence-corrected chi connectivity index (χ1v) is 9.59. The SMILES string of the molecule is Cc1nc2ccccc2c(=O)n1/N=C/c1c(CCC(=O)O)[nH]n(-c2ccccc2)c1=O. The van der Waals surface area contributed by atoms with Gasteiger partial charge in [-0.2, -0.15) is 9.78 Å². The largest absolute Gasteiger partial charge is 0.481 e. The summed E-state index contributed by atoms with van der Waals surface area (Å²) in [5.74, 6) is -0.618. The van der Waals surface area contributed by atoms with E-state index in [-0.39, 0.29) is 24.0 Å². The molecule has 0 aliphatic rings. The normalized spacial score (nSPS) is 11.4. The summed E-state index contributed by atoms with van der Waals surface area (Å²) in [7, 11) is 0. The van der Waals surface area contributed by atoms with E-state index in [0.29, 0.717) is 28.1 Å². The Morgan fingerprint density at radius 2 is 1.81 bits per heavy atom. The number of fused-ring (bicyclic) bond motifs is 1. The van der Waals surface area contributed by atoms with Crippen molar-refractivity contribution < 1.29 is 9.90 Å². The second-order valence-corrected chi connectivity index (χ2v) is 6.91.